The summed E-state index contributed by atoms with van der Waals surface area (Å²) < 4.78 is 18.7. The number of carbonyl (C=O) groups excluding carboxylic acids is 1. The molecule has 4 heteroatoms. The molecule has 4 rings (SSSR count). The van der Waals surface area contributed by atoms with Gasteiger partial charge in [-0.2, -0.15) is 0 Å². The highest BCUT2D eigenvalue weighted by Crippen LogP contribution is 2.30. The fraction of sp³-hybridized carbons (Fsp3) is 0.286. The van der Waals surface area contributed by atoms with E-state index in [4.69, 9.17) is 4.42 Å². The summed E-state index contributed by atoms with van der Waals surface area (Å²) in [5.41, 5.74) is 5.38. The van der Waals surface area contributed by atoms with Gasteiger partial charge in [0.2, 0.25) is 5.91 Å². The summed E-state index contributed by atoms with van der Waals surface area (Å²) in [4.78, 5) is 12.4. The molecule has 0 saturated carbocycles. The fourth-order valence-corrected chi connectivity index (χ4v) is 3.59. The van der Waals surface area contributed by atoms with Crippen molar-refractivity contribution in [3.63, 3.8) is 0 Å². The minimum Gasteiger partial charge on any atom is -0.464 e. The number of furan rings is 1. The van der Waals surface area contributed by atoms with Crippen LogP contribution in [0.3, 0.4) is 0 Å². The lowest BCUT2D eigenvalue weighted by atomic mass is 10.0. The van der Waals surface area contributed by atoms with Crippen molar-refractivity contribution in [2.24, 2.45) is 0 Å². The van der Waals surface area contributed by atoms with Crippen LogP contribution in [0.25, 0.3) is 11.0 Å². The highest BCUT2D eigenvalue weighted by atomic mass is 19.1. The van der Waals surface area contributed by atoms with Crippen molar-refractivity contribution in [3.05, 3.63) is 70.7 Å². The minimum absolute atomic E-state index is 0.0694. The van der Waals surface area contributed by atoms with Gasteiger partial charge in [0.1, 0.15) is 11.4 Å². The monoisotopic (exact) mass is 337 g/mol. The van der Waals surface area contributed by atoms with Crippen molar-refractivity contribution in [3.8, 4) is 0 Å². The predicted octanol–water partition coefficient (Wildman–Crippen LogP) is 4.48. The Bertz CT molecular complexity index is 927. The van der Waals surface area contributed by atoms with Crippen molar-refractivity contribution >= 4 is 16.9 Å². The van der Waals surface area contributed by atoms with Gasteiger partial charge in [-0.25, -0.2) is 4.39 Å². The Morgan fingerprint density at radius 1 is 1.20 bits per heavy atom. The molecule has 2 aromatic carbocycles. The first-order valence-electron chi connectivity index (χ1n) is 8.67. The second kappa shape index (κ2) is 6.36. The van der Waals surface area contributed by atoms with Crippen molar-refractivity contribution in [1.82, 2.24) is 5.32 Å². The third-order valence-corrected chi connectivity index (χ3v) is 4.97. The third-order valence-electron chi connectivity index (χ3n) is 4.97. The topological polar surface area (TPSA) is 42.2 Å². The molecule has 1 N–H and O–H groups in total. The number of hydrogen-bond donors (Lipinski definition) is 1. The Kier molecular flexibility index (Phi) is 4.04. The van der Waals surface area contributed by atoms with E-state index < -0.39 is 0 Å². The minimum atomic E-state index is -0.278. The molecule has 1 amide bonds. The summed E-state index contributed by atoms with van der Waals surface area (Å²) in [5, 5.41) is 4.00. The zero-order chi connectivity index (χ0) is 17.4. The number of hydrogen-bond acceptors (Lipinski definition) is 2. The van der Waals surface area contributed by atoms with E-state index >= 15 is 0 Å². The Morgan fingerprint density at radius 3 is 2.68 bits per heavy atom. The fourth-order valence-electron chi connectivity index (χ4n) is 3.59. The summed E-state index contributed by atoms with van der Waals surface area (Å²) in [6.07, 6.45) is 5.35. The molecule has 3 aromatic rings. The maximum absolute atomic E-state index is 13.0. The molecular formula is C21H20FNO2. The largest absolute Gasteiger partial charge is 0.464 e. The van der Waals surface area contributed by atoms with Crippen LogP contribution in [0.5, 0.6) is 0 Å². The van der Waals surface area contributed by atoms with Gasteiger partial charge < -0.3 is 9.73 Å². The number of rotatable bonds is 4. The Labute approximate surface area is 145 Å². The summed E-state index contributed by atoms with van der Waals surface area (Å²) >= 11 is 0. The van der Waals surface area contributed by atoms with E-state index in [9.17, 15) is 9.18 Å². The summed E-state index contributed by atoms with van der Waals surface area (Å²) in [6.45, 7) is 1.89. The van der Waals surface area contributed by atoms with E-state index in [2.05, 4.69) is 17.4 Å². The van der Waals surface area contributed by atoms with Crippen LogP contribution < -0.4 is 5.32 Å². The normalized spacial score (nSPS) is 14.5. The molecule has 1 aromatic heterocycles. The van der Waals surface area contributed by atoms with Crippen LogP contribution >= 0.6 is 0 Å². The molecule has 1 heterocycles. The smallest absolute Gasteiger partial charge is 0.225 e. The molecule has 1 aliphatic carbocycles. The van der Waals surface area contributed by atoms with Crippen LogP contribution in [0.15, 0.2) is 47.1 Å². The Morgan fingerprint density at radius 2 is 1.92 bits per heavy atom. The first-order valence-corrected chi connectivity index (χ1v) is 8.67. The molecule has 0 radical (unpaired) electrons. The highest BCUT2D eigenvalue weighted by molar-refractivity contribution is 5.88. The SMILES string of the molecule is CC(NC(=O)Cc1coc2cc3c(cc12)CCC3)c1ccc(F)cc1. The molecule has 0 fully saturated rings. The van der Waals surface area contributed by atoms with E-state index in [1.165, 1.54) is 29.7 Å². The first-order chi connectivity index (χ1) is 12.1. The van der Waals surface area contributed by atoms with E-state index in [0.29, 0.717) is 0 Å². The van der Waals surface area contributed by atoms with Crippen LogP contribution in [0.2, 0.25) is 0 Å². The summed E-state index contributed by atoms with van der Waals surface area (Å²) in [6, 6.07) is 10.3. The molecule has 1 unspecified atom stereocenters. The van der Waals surface area contributed by atoms with Crippen molar-refractivity contribution in [2.75, 3.05) is 0 Å². The molecule has 0 aliphatic heterocycles. The van der Waals surface area contributed by atoms with E-state index in [1.54, 1.807) is 18.4 Å². The van der Waals surface area contributed by atoms with Crippen molar-refractivity contribution in [1.29, 1.82) is 0 Å². The zero-order valence-corrected chi connectivity index (χ0v) is 14.1. The molecule has 3 nitrogen and oxygen atoms in total. The van der Waals surface area contributed by atoms with Gasteiger partial charge in [-0.15, -0.1) is 0 Å². The van der Waals surface area contributed by atoms with Gasteiger partial charge in [0.05, 0.1) is 18.7 Å². The second-order valence-corrected chi connectivity index (χ2v) is 6.75. The maximum atomic E-state index is 13.0. The van der Waals surface area contributed by atoms with Crippen LogP contribution in [0.4, 0.5) is 4.39 Å². The van der Waals surface area contributed by atoms with Gasteiger partial charge in [0, 0.05) is 10.9 Å². The van der Waals surface area contributed by atoms with E-state index in [0.717, 1.165) is 34.9 Å². The van der Waals surface area contributed by atoms with Crippen LogP contribution in [-0.2, 0) is 24.1 Å². The maximum Gasteiger partial charge on any atom is 0.225 e. The lowest BCUT2D eigenvalue weighted by Gasteiger charge is -2.14. The summed E-state index contributed by atoms with van der Waals surface area (Å²) in [7, 11) is 0. The van der Waals surface area contributed by atoms with Gasteiger partial charge in [-0.3, -0.25) is 4.79 Å². The number of aryl methyl sites for hydroxylation is 2. The number of halogens is 1. The highest BCUT2D eigenvalue weighted by Gasteiger charge is 2.17. The number of benzene rings is 2. The predicted molar refractivity (Wildman–Crippen MR) is 94.9 cm³/mol. The molecule has 0 bridgehead atoms. The molecule has 1 aliphatic rings. The number of amides is 1. The van der Waals surface area contributed by atoms with Crippen molar-refractivity contribution < 1.29 is 13.6 Å². The molecule has 128 valence electrons. The van der Waals surface area contributed by atoms with Gasteiger partial charge in [-0.1, -0.05) is 12.1 Å². The number of fused-ring (bicyclic) bond motifs is 2. The van der Waals surface area contributed by atoms with Crippen LogP contribution in [0, 0.1) is 5.82 Å². The first kappa shape index (κ1) is 15.9. The van der Waals surface area contributed by atoms with E-state index in [1.807, 2.05) is 6.92 Å². The van der Waals surface area contributed by atoms with Crippen molar-refractivity contribution in [2.45, 2.75) is 38.6 Å². The van der Waals surface area contributed by atoms with Crippen LogP contribution in [-0.4, -0.2) is 5.91 Å². The third kappa shape index (κ3) is 3.16. The molecule has 0 spiro atoms. The molecule has 25 heavy (non-hydrogen) atoms. The summed E-state index contributed by atoms with van der Waals surface area (Å²) in [5.74, 6) is -0.348. The second-order valence-electron chi connectivity index (χ2n) is 6.75. The van der Waals surface area contributed by atoms with Gasteiger partial charge in [-0.05, 0) is 67.1 Å². The number of carbonyl (C=O) groups is 1. The zero-order valence-electron chi connectivity index (χ0n) is 14.1. The average molecular weight is 337 g/mol. The van der Waals surface area contributed by atoms with E-state index in [-0.39, 0.29) is 24.2 Å². The lowest BCUT2D eigenvalue weighted by molar-refractivity contribution is -0.121. The van der Waals surface area contributed by atoms with Gasteiger partial charge in [0.25, 0.3) is 0 Å². The van der Waals surface area contributed by atoms with Gasteiger partial charge >= 0.3 is 0 Å². The Hall–Kier alpha value is -2.62. The molecule has 0 saturated heterocycles. The standard InChI is InChI=1S/C21H20FNO2/c1-13(14-5-7-18(22)8-6-14)23-21(24)11-17-12-25-20-10-16-4-2-3-15(16)9-19(17)20/h5-10,12-13H,2-4,11H2,1H3,(H,23,24). The Balaban J connectivity index is 1.49. The molecular weight excluding hydrogens is 317 g/mol. The van der Waals surface area contributed by atoms with Crippen LogP contribution in [0.1, 0.15) is 41.6 Å². The van der Waals surface area contributed by atoms with Gasteiger partial charge in [0.15, 0.2) is 0 Å². The quantitative estimate of drug-likeness (QED) is 0.763. The average Bonchev–Trinajstić information content (AvgIpc) is 3.20. The number of nitrogens with one attached hydrogen (secondary N) is 1. The lowest BCUT2D eigenvalue weighted by Crippen LogP contribution is -2.28. The molecule has 1 atom stereocenters.